The lowest BCUT2D eigenvalue weighted by Gasteiger charge is -2.23. The molecule has 4 rings (SSSR count). The highest BCUT2D eigenvalue weighted by molar-refractivity contribution is 5.81. The molecule has 1 saturated carbocycles. The number of halogens is 1. The van der Waals surface area contributed by atoms with Crippen LogP contribution in [0.5, 0.6) is 0 Å². The zero-order valence-corrected chi connectivity index (χ0v) is 12.5. The molecule has 1 aromatic heterocycles. The van der Waals surface area contributed by atoms with Gasteiger partial charge in [0.2, 0.25) is 5.95 Å². The number of nitrogens with zero attached hydrogens (tertiary/aromatic N) is 2. The van der Waals surface area contributed by atoms with Gasteiger partial charge in [0.1, 0.15) is 0 Å². The van der Waals surface area contributed by atoms with Gasteiger partial charge in [0.25, 0.3) is 0 Å². The van der Waals surface area contributed by atoms with Crippen molar-refractivity contribution in [1.29, 1.82) is 0 Å². The van der Waals surface area contributed by atoms with Crippen LogP contribution in [-0.2, 0) is 4.74 Å². The maximum Gasteiger partial charge on any atom is 0.240 e. The summed E-state index contributed by atoms with van der Waals surface area (Å²) in [5, 5.41) is 4.59. The van der Waals surface area contributed by atoms with Crippen LogP contribution in [-0.4, -0.2) is 16.4 Å². The van der Waals surface area contributed by atoms with E-state index < -0.39 is 5.95 Å². The van der Waals surface area contributed by atoms with E-state index in [0.717, 1.165) is 36.9 Å². The Morgan fingerprint density at radius 1 is 1.18 bits per heavy atom. The summed E-state index contributed by atoms with van der Waals surface area (Å²) >= 11 is 0. The highest BCUT2D eigenvalue weighted by Crippen LogP contribution is 2.28. The summed E-state index contributed by atoms with van der Waals surface area (Å²) in [4.78, 5) is 0. The normalized spacial score (nSPS) is 22.1. The fourth-order valence-corrected chi connectivity index (χ4v) is 3.06. The molecule has 1 atom stereocenters. The number of hydrogen-bond acceptors (Lipinski definition) is 2. The van der Waals surface area contributed by atoms with E-state index in [0.29, 0.717) is 11.3 Å². The van der Waals surface area contributed by atoms with Crippen LogP contribution in [0.4, 0.5) is 4.39 Å². The molecule has 114 valence electrons. The second kappa shape index (κ2) is 5.73. The van der Waals surface area contributed by atoms with Crippen molar-refractivity contribution in [3.8, 4) is 11.8 Å². The quantitative estimate of drug-likeness (QED) is 0.743. The average molecular weight is 298 g/mol. The predicted molar refractivity (Wildman–Crippen MR) is 82.8 cm³/mol. The van der Waals surface area contributed by atoms with E-state index in [1.807, 2.05) is 18.2 Å². The molecule has 2 heterocycles. The standard InChI is InChI=1S/C18H19FN2O/c19-18-15-12-14(8-7-13-4-3-5-13)9-10-16(15)21(20-18)17-6-1-2-11-22-17/h9-10,12-13,17H,1-6,11H2. The van der Waals surface area contributed by atoms with Gasteiger partial charge in [-0.1, -0.05) is 18.3 Å². The first kappa shape index (κ1) is 13.8. The minimum absolute atomic E-state index is 0.146. The second-order valence-electron chi connectivity index (χ2n) is 6.19. The van der Waals surface area contributed by atoms with Gasteiger partial charge in [-0.25, -0.2) is 4.68 Å². The molecule has 1 unspecified atom stereocenters. The largest absolute Gasteiger partial charge is 0.356 e. The van der Waals surface area contributed by atoms with E-state index in [9.17, 15) is 4.39 Å². The molecule has 1 aliphatic carbocycles. The maximum absolute atomic E-state index is 14.2. The lowest BCUT2D eigenvalue weighted by Crippen LogP contribution is -2.19. The van der Waals surface area contributed by atoms with Crippen LogP contribution < -0.4 is 0 Å². The number of aromatic nitrogens is 2. The highest BCUT2D eigenvalue weighted by Gasteiger charge is 2.21. The fraction of sp³-hybridized carbons (Fsp3) is 0.500. The van der Waals surface area contributed by atoms with Gasteiger partial charge in [0, 0.05) is 18.1 Å². The van der Waals surface area contributed by atoms with Gasteiger partial charge >= 0.3 is 0 Å². The Morgan fingerprint density at radius 2 is 2.09 bits per heavy atom. The lowest BCUT2D eigenvalue weighted by atomic mass is 9.86. The Labute approximate surface area is 129 Å². The van der Waals surface area contributed by atoms with Crippen molar-refractivity contribution in [1.82, 2.24) is 9.78 Å². The first-order valence-electron chi connectivity index (χ1n) is 8.12. The summed E-state index contributed by atoms with van der Waals surface area (Å²) in [5.74, 6) is 6.53. The predicted octanol–water partition coefficient (Wildman–Crippen LogP) is 4.03. The summed E-state index contributed by atoms with van der Waals surface area (Å²) in [6, 6.07) is 5.67. The van der Waals surface area contributed by atoms with Crippen molar-refractivity contribution in [2.75, 3.05) is 6.61 Å². The topological polar surface area (TPSA) is 27.1 Å². The third kappa shape index (κ3) is 2.50. The number of benzene rings is 1. The molecule has 2 aromatic rings. The molecule has 4 heteroatoms. The Morgan fingerprint density at radius 3 is 2.82 bits per heavy atom. The number of ether oxygens (including phenoxy) is 1. The summed E-state index contributed by atoms with van der Waals surface area (Å²) < 4.78 is 21.6. The van der Waals surface area contributed by atoms with Gasteiger partial charge in [-0.15, -0.1) is 5.10 Å². The molecule has 1 aliphatic heterocycles. The van der Waals surface area contributed by atoms with Crippen molar-refractivity contribution >= 4 is 10.9 Å². The smallest absolute Gasteiger partial charge is 0.240 e. The minimum Gasteiger partial charge on any atom is -0.356 e. The van der Waals surface area contributed by atoms with Gasteiger partial charge in [0.05, 0.1) is 10.9 Å². The summed E-state index contributed by atoms with van der Waals surface area (Å²) in [6.07, 6.45) is 6.58. The van der Waals surface area contributed by atoms with E-state index >= 15 is 0 Å². The zero-order valence-electron chi connectivity index (χ0n) is 12.5. The summed E-state index contributed by atoms with van der Waals surface area (Å²) in [5.41, 5.74) is 1.65. The van der Waals surface area contributed by atoms with E-state index in [-0.39, 0.29) is 6.23 Å². The fourth-order valence-electron chi connectivity index (χ4n) is 3.06. The van der Waals surface area contributed by atoms with Crippen LogP contribution in [0, 0.1) is 23.7 Å². The molecular weight excluding hydrogens is 279 g/mol. The molecule has 3 nitrogen and oxygen atoms in total. The molecule has 1 aromatic carbocycles. The molecule has 1 saturated heterocycles. The summed E-state index contributed by atoms with van der Waals surface area (Å²) in [7, 11) is 0. The van der Waals surface area contributed by atoms with Crippen LogP contribution in [0.25, 0.3) is 10.9 Å². The van der Waals surface area contributed by atoms with Crippen molar-refractivity contribution in [2.24, 2.45) is 5.92 Å². The van der Waals surface area contributed by atoms with Gasteiger partial charge in [-0.05, 0) is 50.3 Å². The average Bonchev–Trinajstić information content (AvgIpc) is 2.84. The van der Waals surface area contributed by atoms with Crippen LogP contribution in [0.15, 0.2) is 18.2 Å². The van der Waals surface area contributed by atoms with Crippen molar-refractivity contribution in [3.05, 3.63) is 29.7 Å². The highest BCUT2D eigenvalue weighted by atomic mass is 19.1. The van der Waals surface area contributed by atoms with Crippen LogP contribution >= 0.6 is 0 Å². The van der Waals surface area contributed by atoms with E-state index in [1.54, 1.807) is 4.68 Å². The first-order valence-corrected chi connectivity index (χ1v) is 8.12. The molecule has 0 spiro atoms. The Balaban J connectivity index is 1.67. The Hall–Kier alpha value is -1.86. The van der Waals surface area contributed by atoms with E-state index in [1.165, 1.54) is 19.3 Å². The number of hydrogen-bond donors (Lipinski definition) is 0. The molecule has 2 fully saturated rings. The van der Waals surface area contributed by atoms with Crippen LogP contribution in [0.1, 0.15) is 50.3 Å². The molecular formula is C18H19FN2O. The van der Waals surface area contributed by atoms with Crippen molar-refractivity contribution in [3.63, 3.8) is 0 Å². The zero-order chi connectivity index (χ0) is 14.9. The minimum atomic E-state index is -0.434. The van der Waals surface area contributed by atoms with Gasteiger partial charge < -0.3 is 4.74 Å². The second-order valence-corrected chi connectivity index (χ2v) is 6.19. The van der Waals surface area contributed by atoms with Crippen molar-refractivity contribution in [2.45, 2.75) is 44.8 Å². The van der Waals surface area contributed by atoms with Crippen LogP contribution in [0.2, 0.25) is 0 Å². The lowest BCUT2D eigenvalue weighted by molar-refractivity contribution is -0.0375. The van der Waals surface area contributed by atoms with Gasteiger partial charge in [0.15, 0.2) is 6.23 Å². The van der Waals surface area contributed by atoms with Crippen molar-refractivity contribution < 1.29 is 9.13 Å². The number of fused-ring (bicyclic) bond motifs is 1. The first-order chi connectivity index (χ1) is 10.8. The molecule has 0 N–H and O–H groups in total. The van der Waals surface area contributed by atoms with E-state index in [4.69, 9.17) is 4.74 Å². The molecule has 2 aliphatic rings. The third-order valence-electron chi connectivity index (χ3n) is 4.62. The summed E-state index contributed by atoms with van der Waals surface area (Å²) in [6.45, 7) is 0.721. The maximum atomic E-state index is 14.2. The Kier molecular flexibility index (Phi) is 3.59. The molecule has 0 amide bonds. The number of rotatable bonds is 1. The monoisotopic (exact) mass is 298 g/mol. The van der Waals surface area contributed by atoms with Gasteiger partial charge in [-0.3, -0.25) is 0 Å². The third-order valence-corrected chi connectivity index (χ3v) is 4.62. The molecule has 22 heavy (non-hydrogen) atoms. The van der Waals surface area contributed by atoms with E-state index in [2.05, 4.69) is 16.9 Å². The van der Waals surface area contributed by atoms with Crippen LogP contribution in [0.3, 0.4) is 0 Å². The molecule has 0 bridgehead atoms. The van der Waals surface area contributed by atoms with Gasteiger partial charge in [-0.2, -0.15) is 4.39 Å². The molecule has 0 radical (unpaired) electrons. The SMILES string of the molecule is Fc1nn(C2CCCCO2)c2ccc(C#CC3CCC3)cc12. The Bertz CT molecular complexity index is 746.